The maximum absolute atomic E-state index is 11.7. The summed E-state index contributed by atoms with van der Waals surface area (Å²) in [7, 11) is 0. The third kappa shape index (κ3) is 3.12. The summed E-state index contributed by atoms with van der Waals surface area (Å²) in [4.78, 5) is 29.6. The van der Waals surface area contributed by atoms with Crippen molar-refractivity contribution in [1.82, 2.24) is 9.97 Å². The second-order valence-corrected chi connectivity index (χ2v) is 4.67. The van der Waals surface area contributed by atoms with Crippen molar-refractivity contribution in [3.63, 3.8) is 0 Å². The molecule has 3 aromatic rings. The molecule has 1 heterocycles. The highest BCUT2D eigenvalue weighted by Gasteiger charge is 2.08. The maximum atomic E-state index is 11.7. The number of nitrogens with one attached hydrogen (secondary N) is 2. The van der Waals surface area contributed by atoms with Gasteiger partial charge in [0.15, 0.2) is 0 Å². The molecule has 6 heteroatoms. The first kappa shape index (κ1) is 13.8. The Bertz CT molecular complexity index is 812. The Morgan fingerprint density at radius 3 is 2.82 bits per heavy atom. The molecule has 0 saturated heterocycles. The van der Waals surface area contributed by atoms with E-state index in [0.717, 1.165) is 11.8 Å². The van der Waals surface area contributed by atoms with Gasteiger partial charge < -0.3 is 9.72 Å². The largest absolute Gasteiger partial charge is 0.444 e. The van der Waals surface area contributed by atoms with Gasteiger partial charge in [0.2, 0.25) is 5.95 Å². The van der Waals surface area contributed by atoms with E-state index < -0.39 is 6.09 Å². The van der Waals surface area contributed by atoms with E-state index in [1.54, 1.807) is 18.2 Å². The number of hydrogen-bond acceptors (Lipinski definition) is 4. The van der Waals surface area contributed by atoms with E-state index in [0.29, 0.717) is 16.6 Å². The van der Waals surface area contributed by atoms with Gasteiger partial charge in [-0.1, -0.05) is 30.3 Å². The summed E-state index contributed by atoms with van der Waals surface area (Å²) in [5.41, 5.74) is 2.76. The minimum Gasteiger partial charge on any atom is -0.444 e. The van der Waals surface area contributed by atoms with Gasteiger partial charge >= 0.3 is 6.09 Å². The number of imidazole rings is 1. The van der Waals surface area contributed by atoms with Gasteiger partial charge in [-0.05, 0) is 23.8 Å². The molecule has 0 spiro atoms. The zero-order valence-electron chi connectivity index (χ0n) is 11.6. The van der Waals surface area contributed by atoms with Gasteiger partial charge in [-0.15, -0.1) is 0 Å². The number of ether oxygens (including phenoxy) is 1. The summed E-state index contributed by atoms with van der Waals surface area (Å²) in [5, 5.41) is 2.52. The summed E-state index contributed by atoms with van der Waals surface area (Å²) >= 11 is 0. The Morgan fingerprint density at radius 1 is 1.23 bits per heavy atom. The van der Waals surface area contributed by atoms with Crippen molar-refractivity contribution >= 4 is 29.4 Å². The quantitative estimate of drug-likeness (QED) is 0.724. The highest BCUT2D eigenvalue weighted by atomic mass is 16.5. The number of amides is 1. The van der Waals surface area contributed by atoms with Crippen LogP contribution in [0, 0.1) is 0 Å². The molecule has 0 bridgehead atoms. The van der Waals surface area contributed by atoms with Gasteiger partial charge in [0.25, 0.3) is 0 Å². The van der Waals surface area contributed by atoms with Gasteiger partial charge in [0.1, 0.15) is 12.9 Å². The van der Waals surface area contributed by atoms with Crippen LogP contribution >= 0.6 is 0 Å². The Balaban J connectivity index is 1.65. The van der Waals surface area contributed by atoms with Crippen LogP contribution in [0.4, 0.5) is 10.7 Å². The number of hydrogen-bond donors (Lipinski definition) is 2. The van der Waals surface area contributed by atoms with Gasteiger partial charge in [-0.25, -0.2) is 9.78 Å². The normalized spacial score (nSPS) is 10.4. The molecule has 22 heavy (non-hydrogen) atoms. The first-order valence-electron chi connectivity index (χ1n) is 6.67. The molecular weight excluding hydrogens is 282 g/mol. The number of nitrogens with zero attached hydrogens (tertiary/aromatic N) is 1. The highest BCUT2D eigenvalue weighted by molar-refractivity contribution is 5.89. The van der Waals surface area contributed by atoms with Gasteiger partial charge in [0, 0.05) is 5.56 Å². The number of H-pyrrole nitrogens is 1. The van der Waals surface area contributed by atoms with E-state index in [1.807, 2.05) is 30.3 Å². The summed E-state index contributed by atoms with van der Waals surface area (Å²) < 4.78 is 5.11. The van der Waals surface area contributed by atoms with E-state index in [9.17, 15) is 9.59 Å². The summed E-state index contributed by atoms with van der Waals surface area (Å²) in [6.07, 6.45) is 0.153. The van der Waals surface area contributed by atoms with Crippen LogP contribution in [-0.4, -0.2) is 22.3 Å². The SMILES string of the molecule is O=Cc1ccc2nc(NC(=O)OCc3ccccc3)[nH]c2c1. The van der Waals surface area contributed by atoms with E-state index in [1.165, 1.54) is 0 Å². The predicted molar refractivity (Wildman–Crippen MR) is 81.7 cm³/mol. The number of aldehydes is 1. The number of fused-ring (bicyclic) bond motifs is 1. The summed E-state index contributed by atoms with van der Waals surface area (Å²) in [5.74, 6) is 0.274. The van der Waals surface area contributed by atoms with E-state index >= 15 is 0 Å². The lowest BCUT2D eigenvalue weighted by atomic mass is 10.2. The fourth-order valence-electron chi connectivity index (χ4n) is 2.02. The zero-order chi connectivity index (χ0) is 15.4. The fourth-order valence-corrected chi connectivity index (χ4v) is 2.02. The van der Waals surface area contributed by atoms with Crippen molar-refractivity contribution < 1.29 is 14.3 Å². The van der Waals surface area contributed by atoms with Crippen LogP contribution in [0.15, 0.2) is 48.5 Å². The van der Waals surface area contributed by atoms with Crippen LogP contribution in [-0.2, 0) is 11.3 Å². The molecular formula is C16H13N3O3. The Hall–Kier alpha value is -3.15. The number of benzene rings is 2. The molecule has 2 N–H and O–H groups in total. The molecule has 1 amide bonds. The summed E-state index contributed by atoms with van der Waals surface area (Å²) in [6, 6.07) is 14.4. The zero-order valence-corrected chi connectivity index (χ0v) is 11.6. The minimum absolute atomic E-state index is 0.183. The van der Waals surface area contributed by atoms with E-state index in [2.05, 4.69) is 15.3 Å². The monoisotopic (exact) mass is 295 g/mol. The second kappa shape index (κ2) is 6.09. The van der Waals surface area contributed by atoms with E-state index in [-0.39, 0.29) is 12.6 Å². The van der Waals surface area contributed by atoms with Crippen LogP contribution in [0.2, 0.25) is 0 Å². The first-order chi connectivity index (χ1) is 10.7. The van der Waals surface area contributed by atoms with Gasteiger partial charge in [0.05, 0.1) is 11.0 Å². The van der Waals surface area contributed by atoms with Crippen LogP contribution in [0.5, 0.6) is 0 Å². The molecule has 110 valence electrons. The fraction of sp³-hybridized carbons (Fsp3) is 0.0625. The predicted octanol–water partition coefficient (Wildman–Crippen LogP) is 3.12. The molecule has 0 atom stereocenters. The van der Waals surface area contributed by atoms with Crippen molar-refractivity contribution in [3.05, 3.63) is 59.7 Å². The van der Waals surface area contributed by atoms with Crippen molar-refractivity contribution in [2.75, 3.05) is 5.32 Å². The summed E-state index contributed by atoms with van der Waals surface area (Å²) in [6.45, 7) is 0.183. The molecule has 1 aromatic heterocycles. The standard InChI is InChI=1S/C16H13N3O3/c20-9-12-6-7-13-14(8-12)18-15(17-13)19-16(21)22-10-11-4-2-1-3-5-11/h1-9H,10H2,(H2,17,18,19,21). The minimum atomic E-state index is -0.599. The molecule has 0 aliphatic heterocycles. The number of aromatic amines is 1. The molecule has 0 fully saturated rings. The van der Waals surface area contributed by atoms with Crippen LogP contribution < -0.4 is 5.32 Å². The first-order valence-corrected chi connectivity index (χ1v) is 6.67. The van der Waals surface area contributed by atoms with Gasteiger partial charge in [-0.2, -0.15) is 0 Å². The number of rotatable bonds is 4. The van der Waals surface area contributed by atoms with Crippen LogP contribution in [0.3, 0.4) is 0 Å². The Labute approximate surface area is 126 Å². The Kier molecular flexibility index (Phi) is 3.82. The van der Waals surface area contributed by atoms with Crippen molar-refractivity contribution in [2.45, 2.75) is 6.61 Å². The second-order valence-electron chi connectivity index (χ2n) is 4.67. The number of carbonyl (C=O) groups excluding carboxylic acids is 2. The lowest BCUT2D eigenvalue weighted by molar-refractivity contribution is 0.112. The molecule has 0 radical (unpaired) electrons. The van der Waals surface area contributed by atoms with Crippen molar-refractivity contribution in [3.8, 4) is 0 Å². The smallest absolute Gasteiger partial charge is 0.414 e. The van der Waals surface area contributed by atoms with Crippen LogP contribution in [0.1, 0.15) is 15.9 Å². The van der Waals surface area contributed by atoms with Crippen molar-refractivity contribution in [2.24, 2.45) is 0 Å². The molecule has 3 rings (SSSR count). The van der Waals surface area contributed by atoms with Gasteiger partial charge in [-0.3, -0.25) is 10.1 Å². The lowest BCUT2D eigenvalue weighted by Crippen LogP contribution is -2.14. The van der Waals surface area contributed by atoms with Crippen molar-refractivity contribution in [1.29, 1.82) is 0 Å². The molecule has 0 saturated carbocycles. The molecule has 0 aliphatic rings. The highest BCUT2D eigenvalue weighted by Crippen LogP contribution is 2.15. The number of aromatic nitrogens is 2. The molecule has 0 unspecified atom stereocenters. The molecule has 2 aromatic carbocycles. The lowest BCUT2D eigenvalue weighted by Gasteiger charge is -2.04. The molecule has 6 nitrogen and oxygen atoms in total. The third-order valence-corrected chi connectivity index (χ3v) is 3.08. The molecule has 0 aliphatic carbocycles. The maximum Gasteiger partial charge on any atom is 0.414 e. The topological polar surface area (TPSA) is 84.1 Å². The number of anilines is 1. The van der Waals surface area contributed by atoms with Crippen LogP contribution in [0.25, 0.3) is 11.0 Å². The van der Waals surface area contributed by atoms with E-state index in [4.69, 9.17) is 4.74 Å². The Morgan fingerprint density at radius 2 is 2.05 bits per heavy atom. The third-order valence-electron chi connectivity index (χ3n) is 3.08. The number of carbonyl (C=O) groups is 2. The average molecular weight is 295 g/mol. The average Bonchev–Trinajstić information content (AvgIpc) is 2.95.